The second-order valence-corrected chi connectivity index (χ2v) is 4.11. The SMILES string of the molecule is O=c1[nH]c(CNCC(CO)CO)nc2cc[nH]c12. The van der Waals surface area contributed by atoms with Gasteiger partial charge in [-0.3, -0.25) is 4.79 Å². The molecule has 18 heavy (non-hydrogen) atoms. The number of aromatic nitrogens is 3. The van der Waals surface area contributed by atoms with Gasteiger partial charge in [0.2, 0.25) is 0 Å². The van der Waals surface area contributed by atoms with Crippen LogP contribution < -0.4 is 10.9 Å². The van der Waals surface area contributed by atoms with Crippen molar-refractivity contribution in [2.45, 2.75) is 6.54 Å². The maximum Gasteiger partial charge on any atom is 0.275 e. The fourth-order valence-corrected chi connectivity index (χ4v) is 1.67. The third-order valence-corrected chi connectivity index (χ3v) is 2.71. The molecule has 2 rings (SSSR count). The van der Waals surface area contributed by atoms with Gasteiger partial charge in [0.05, 0.1) is 12.1 Å². The fourth-order valence-electron chi connectivity index (χ4n) is 1.67. The van der Waals surface area contributed by atoms with Gasteiger partial charge < -0.3 is 25.5 Å². The number of hydrogen-bond acceptors (Lipinski definition) is 5. The molecule has 2 aromatic heterocycles. The van der Waals surface area contributed by atoms with Crippen molar-refractivity contribution in [3.8, 4) is 0 Å². The van der Waals surface area contributed by atoms with E-state index < -0.39 is 0 Å². The zero-order valence-corrected chi connectivity index (χ0v) is 9.81. The highest BCUT2D eigenvalue weighted by Crippen LogP contribution is 2.03. The molecule has 0 aromatic carbocycles. The number of aliphatic hydroxyl groups is 2. The molecule has 0 radical (unpaired) electrons. The minimum absolute atomic E-state index is 0.0791. The van der Waals surface area contributed by atoms with E-state index >= 15 is 0 Å². The molecular weight excluding hydrogens is 236 g/mol. The smallest absolute Gasteiger partial charge is 0.275 e. The summed E-state index contributed by atoms with van der Waals surface area (Å²) in [7, 11) is 0. The fraction of sp³-hybridized carbons (Fsp3) is 0.455. The molecule has 0 amide bonds. The average molecular weight is 252 g/mol. The zero-order chi connectivity index (χ0) is 13.0. The van der Waals surface area contributed by atoms with E-state index in [2.05, 4.69) is 20.3 Å². The second-order valence-electron chi connectivity index (χ2n) is 4.11. The monoisotopic (exact) mass is 252 g/mol. The van der Waals surface area contributed by atoms with Gasteiger partial charge in [-0.2, -0.15) is 0 Å². The Bertz CT molecular complexity index is 559. The Morgan fingerprint density at radius 1 is 1.39 bits per heavy atom. The lowest BCUT2D eigenvalue weighted by Gasteiger charge is -2.11. The van der Waals surface area contributed by atoms with Crippen LogP contribution in [-0.2, 0) is 6.54 Å². The van der Waals surface area contributed by atoms with Crippen LogP contribution in [-0.4, -0.2) is 44.9 Å². The molecule has 2 aromatic rings. The molecule has 0 fully saturated rings. The summed E-state index contributed by atoms with van der Waals surface area (Å²) in [4.78, 5) is 21.4. The van der Waals surface area contributed by atoms with Crippen molar-refractivity contribution in [1.82, 2.24) is 20.3 Å². The number of fused-ring (bicyclic) bond motifs is 1. The van der Waals surface area contributed by atoms with E-state index in [-0.39, 0.29) is 24.7 Å². The first kappa shape index (κ1) is 12.7. The summed E-state index contributed by atoms with van der Waals surface area (Å²) in [5, 5.41) is 20.8. The van der Waals surface area contributed by atoms with E-state index in [1.165, 1.54) is 0 Å². The second kappa shape index (κ2) is 5.76. The predicted octanol–water partition coefficient (Wildman–Crippen LogP) is -1.06. The minimum Gasteiger partial charge on any atom is -0.396 e. The normalized spacial score (nSPS) is 11.5. The van der Waals surface area contributed by atoms with Gasteiger partial charge in [0.15, 0.2) is 0 Å². The van der Waals surface area contributed by atoms with Gasteiger partial charge in [0.25, 0.3) is 5.56 Å². The van der Waals surface area contributed by atoms with Crippen molar-refractivity contribution < 1.29 is 10.2 Å². The summed E-state index contributed by atoms with van der Waals surface area (Å²) >= 11 is 0. The van der Waals surface area contributed by atoms with E-state index in [1.54, 1.807) is 12.3 Å². The molecule has 7 nitrogen and oxygen atoms in total. The highest BCUT2D eigenvalue weighted by atomic mass is 16.3. The highest BCUT2D eigenvalue weighted by Gasteiger charge is 2.07. The molecule has 2 heterocycles. The van der Waals surface area contributed by atoms with Gasteiger partial charge in [-0.1, -0.05) is 0 Å². The largest absolute Gasteiger partial charge is 0.396 e. The van der Waals surface area contributed by atoms with Crippen molar-refractivity contribution in [3.63, 3.8) is 0 Å². The van der Waals surface area contributed by atoms with Crippen molar-refractivity contribution in [2.75, 3.05) is 19.8 Å². The van der Waals surface area contributed by atoms with Crippen LogP contribution in [0.15, 0.2) is 17.1 Å². The van der Waals surface area contributed by atoms with Gasteiger partial charge in [0, 0.05) is 31.9 Å². The Morgan fingerprint density at radius 3 is 2.89 bits per heavy atom. The molecule has 5 N–H and O–H groups in total. The average Bonchev–Trinajstić information content (AvgIpc) is 2.83. The summed E-state index contributed by atoms with van der Waals surface area (Å²) in [5.74, 6) is 0.328. The van der Waals surface area contributed by atoms with E-state index in [0.29, 0.717) is 29.9 Å². The number of rotatable bonds is 6. The molecule has 0 saturated carbocycles. The summed E-state index contributed by atoms with van der Waals surface area (Å²) in [5.41, 5.74) is 0.876. The van der Waals surface area contributed by atoms with Crippen molar-refractivity contribution >= 4 is 11.0 Å². The molecule has 98 valence electrons. The van der Waals surface area contributed by atoms with Crippen LogP contribution in [0.25, 0.3) is 11.0 Å². The van der Waals surface area contributed by atoms with E-state index in [9.17, 15) is 4.79 Å². The standard InChI is InChI=1S/C11H16N4O3/c16-5-7(6-17)3-12-4-9-14-8-1-2-13-10(8)11(18)15-9/h1-2,7,12-13,16-17H,3-6H2,(H,14,15,18). The molecule has 0 aliphatic heterocycles. The highest BCUT2D eigenvalue weighted by molar-refractivity contribution is 5.73. The lowest BCUT2D eigenvalue weighted by Crippen LogP contribution is -2.28. The Kier molecular flexibility index (Phi) is 4.08. The first-order valence-electron chi connectivity index (χ1n) is 5.73. The Hall–Kier alpha value is -1.70. The first-order valence-corrected chi connectivity index (χ1v) is 5.73. The van der Waals surface area contributed by atoms with Crippen LogP contribution in [0, 0.1) is 5.92 Å². The van der Waals surface area contributed by atoms with E-state index in [1.807, 2.05) is 0 Å². The third kappa shape index (κ3) is 2.76. The number of H-pyrrole nitrogens is 2. The molecule has 7 heteroatoms. The molecule has 0 aliphatic carbocycles. The Balaban J connectivity index is 2.01. The van der Waals surface area contributed by atoms with Gasteiger partial charge >= 0.3 is 0 Å². The summed E-state index contributed by atoms with van der Waals surface area (Å²) < 4.78 is 0. The van der Waals surface area contributed by atoms with Gasteiger partial charge in [0.1, 0.15) is 11.3 Å². The summed E-state index contributed by atoms with van der Waals surface area (Å²) in [6.45, 7) is 0.684. The molecule has 0 atom stereocenters. The molecule has 0 spiro atoms. The van der Waals surface area contributed by atoms with Crippen molar-refractivity contribution in [3.05, 3.63) is 28.4 Å². The number of nitrogens with zero attached hydrogens (tertiary/aromatic N) is 1. The predicted molar refractivity (Wildman–Crippen MR) is 66.1 cm³/mol. The zero-order valence-electron chi connectivity index (χ0n) is 9.81. The van der Waals surface area contributed by atoms with E-state index in [0.717, 1.165) is 0 Å². The molecule has 0 aliphatic rings. The number of aromatic amines is 2. The van der Waals surface area contributed by atoms with Gasteiger partial charge in [-0.15, -0.1) is 0 Å². The Labute approximate surface area is 103 Å². The number of hydrogen-bond donors (Lipinski definition) is 5. The van der Waals surface area contributed by atoms with Crippen molar-refractivity contribution in [2.24, 2.45) is 5.92 Å². The quantitative estimate of drug-likeness (QED) is 0.450. The molecule has 0 saturated heterocycles. The maximum atomic E-state index is 11.6. The van der Waals surface area contributed by atoms with Crippen molar-refractivity contribution in [1.29, 1.82) is 0 Å². The van der Waals surface area contributed by atoms with Crippen LogP contribution in [0.3, 0.4) is 0 Å². The van der Waals surface area contributed by atoms with Crippen LogP contribution in [0.4, 0.5) is 0 Å². The summed E-state index contributed by atoms with van der Waals surface area (Å²) in [6, 6.07) is 1.73. The van der Waals surface area contributed by atoms with E-state index in [4.69, 9.17) is 10.2 Å². The number of nitrogens with one attached hydrogen (secondary N) is 3. The third-order valence-electron chi connectivity index (χ3n) is 2.71. The maximum absolute atomic E-state index is 11.6. The van der Waals surface area contributed by atoms with Crippen LogP contribution >= 0.6 is 0 Å². The summed E-state index contributed by atoms with van der Waals surface area (Å²) in [6.07, 6.45) is 1.66. The minimum atomic E-state index is -0.206. The number of aliphatic hydroxyl groups excluding tert-OH is 2. The molecule has 0 bridgehead atoms. The van der Waals surface area contributed by atoms with Crippen LogP contribution in [0.2, 0.25) is 0 Å². The van der Waals surface area contributed by atoms with Gasteiger partial charge in [-0.05, 0) is 6.07 Å². The first-order chi connectivity index (χ1) is 8.74. The Morgan fingerprint density at radius 2 is 2.17 bits per heavy atom. The lowest BCUT2D eigenvalue weighted by molar-refractivity contribution is 0.148. The molecular formula is C11H16N4O3. The van der Waals surface area contributed by atoms with Gasteiger partial charge in [-0.25, -0.2) is 4.98 Å². The van der Waals surface area contributed by atoms with Crippen LogP contribution in [0.5, 0.6) is 0 Å². The van der Waals surface area contributed by atoms with Crippen LogP contribution in [0.1, 0.15) is 5.82 Å². The lowest BCUT2D eigenvalue weighted by atomic mass is 10.2. The topological polar surface area (TPSA) is 114 Å². The molecule has 0 unspecified atom stereocenters.